The van der Waals surface area contributed by atoms with Crippen LogP contribution in [0.15, 0.2) is 54.6 Å². The van der Waals surface area contributed by atoms with Gasteiger partial charge in [-0.1, -0.05) is 41.9 Å². The standard InChI is InChI=1S/C20H20ClN3O3/c21-15-8-6-14(7-9-15)12-22-18(25)13-23-20(27)17-10-11-19(26)24(17)16-4-2-1-3-5-16/h1-9,17H,10-13H2,(H,22,25)(H,23,27). The minimum atomic E-state index is -0.594. The van der Waals surface area contributed by atoms with Gasteiger partial charge < -0.3 is 10.6 Å². The average molecular weight is 386 g/mol. The topological polar surface area (TPSA) is 78.5 Å². The van der Waals surface area contributed by atoms with Gasteiger partial charge in [-0.3, -0.25) is 19.3 Å². The smallest absolute Gasteiger partial charge is 0.243 e. The summed E-state index contributed by atoms with van der Waals surface area (Å²) in [5.74, 6) is -0.714. The van der Waals surface area contributed by atoms with Gasteiger partial charge in [0.1, 0.15) is 6.04 Å². The molecule has 6 nitrogen and oxygen atoms in total. The highest BCUT2D eigenvalue weighted by Crippen LogP contribution is 2.26. The maximum absolute atomic E-state index is 12.5. The molecule has 0 aliphatic carbocycles. The van der Waals surface area contributed by atoms with Gasteiger partial charge in [0.15, 0.2) is 0 Å². The maximum Gasteiger partial charge on any atom is 0.243 e. The van der Waals surface area contributed by atoms with Crippen molar-refractivity contribution in [3.8, 4) is 0 Å². The number of carbonyl (C=O) groups excluding carboxylic acids is 3. The summed E-state index contributed by atoms with van der Waals surface area (Å²) in [7, 11) is 0. The molecule has 1 saturated heterocycles. The van der Waals surface area contributed by atoms with Gasteiger partial charge in [0.2, 0.25) is 17.7 Å². The van der Waals surface area contributed by atoms with Crippen LogP contribution < -0.4 is 15.5 Å². The molecule has 3 rings (SSSR count). The zero-order valence-electron chi connectivity index (χ0n) is 14.7. The van der Waals surface area contributed by atoms with E-state index in [1.54, 1.807) is 24.3 Å². The fourth-order valence-corrected chi connectivity index (χ4v) is 3.12. The number of halogens is 1. The maximum atomic E-state index is 12.5. The van der Waals surface area contributed by atoms with Crippen molar-refractivity contribution in [2.45, 2.75) is 25.4 Å². The van der Waals surface area contributed by atoms with Crippen LogP contribution in [-0.2, 0) is 20.9 Å². The SMILES string of the molecule is O=C(CNC(=O)C1CCC(=O)N1c1ccccc1)NCc1ccc(Cl)cc1. The number of rotatable bonds is 6. The van der Waals surface area contributed by atoms with Crippen LogP contribution in [0.1, 0.15) is 18.4 Å². The first kappa shape index (κ1) is 18.9. The number of benzene rings is 2. The fourth-order valence-electron chi connectivity index (χ4n) is 3.00. The lowest BCUT2D eigenvalue weighted by Gasteiger charge is -2.24. The second kappa shape index (κ2) is 8.68. The molecule has 1 fully saturated rings. The summed E-state index contributed by atoms with van der Waals surface area (Å²) in [5, 5.41) is 5.99. The second-order valence-electron chi connectivity index (χ2n) is 6.27. The van der Waals surface area contributed by atoms with Crippen LogP contribution in [0.4, 0.5) is 5.69 Å². The van der Waals surface area contributed by atoms with Gasteiger partial charge in [-0.15, -0.1) is 0 Å². The zero-order chi connectivity index (χ0) is 19.2. The summed E-state index contributed by atoms with van der Waals surface area (Å²) in [5.41, 5.74) is 1.60. The van der Waals surface area contributed by atoms with Gasteiger partial charge in [0.05, 0.1) is 6.54 Å². The van der Waals surface area contributed by atoms with Crippen LogP contribution in [0.3, 0.4) is 0 Å². The van der Waals surface area contributed by atoms with Crippen LogP contribution >= 0.6 is 11.6 Å². The molecule has 3 amide bonds. The van der Waals surface area contributed by atoms with Gasteiger partial charge in [0, 0.05) is 23.7 Å². The third-order valence-electron chi connectivity index (χ3n) is 4.38. The Hall–Kier alpha value is -2.86. The van der Waals surface area contributed by atoms with Crippen LogP contribution in [0.2, 0.25) is 5.02 Å². The first-order valence-electron chi connectivity index (χ1n) is 8.70. The number of carbonyl (C=O) groups is 3. The third kappa shape index (κ3) is 4.86. The molecule has 0 radical (unpaired) electrons. The van der Waals surface area contributed by atoms with E-state index < -0.39 is 6.04 Å². The molecule has 1 unspecified atom stereocenters. The lowest BCUT2D eigenvalue weighted by Crippen LogP contribution is -2.47. The predicted molar refractivity (Wildman–Crippen MR) is 103 cm³/mol. The normalized spacial score (nSPS) is 16.3. The van der Waals surface area contributed by atoms with Crippen molar-refractivity contribution in [3.63, 3.8) is 0 Å². The number of hydrogen-bond donors (Lipinski definition) is 2. The van der Waals surface area contributed by atoms with E-state index in [0.29, 0.717) is 30.1 Å². The first-order chi connectivity index (χ1) is 13.0. The predicted octanol–water partition coefficient (Wildman–Crippen LogP) is 2.27. The summed E-state index contributed by atoms with van der Waals surface area (Å²) in [6, 6.07) is 15.6. The molecule has 1 aliphatic heterocycles. The molecule has 0 bridgehead atoms. The quantitative estimate of drug-likeness (QED) is 0.800. The molecular formula is C20H20ClN3O3. The van der Waals surface area contributed by atoms with Crippen molar-refractivity contribution >= 4 is 35.0 Å². The van der Waals surface area contributed by atoms with Crippen molar-refractivity contribution in [2.24, 2.45) is 0 Å². The molecule has 1 aliphatic rings. The minimum absolute atomic E-state index is 0.0893. The number of nitrogens with one attached hydrogen (secondary N) is 2. The molecule has 2 aromatic rings. The van der Waals surface area contributed by atoms with Crippen LogP contribution in [-0.4, -0.2) is 30.3 Å². The number of anilines is 1. The van der Waals surface area contributed by atoms with Gasteiger partial charge >= 0.3 is 0 Å². The van der Waals surface area contributed by atoms with Crippen molar-refractivity contribution in [2.75, 3.05) is 11.4 Å². The molecule has 0 spiro atoms. The Morgan fingerprint density at radius 3 is 2.44 bits per heavy atom. The van der Waals surface area contributed by atoms with Crippen LogP contribution in [0.5, 0.6) is 0 Å². The van der Waals surface area contributed by atoms with E-state index in [0.717, 1.165) is 5.56 Å². The van der Waals surface area contributed by atoms with Gasteiger partial charge in [-0.05, 0) is 36.2 Å². The third-order valence-corrected chi connectivity index (χ3v) is 4.63. The molecule has 0 aromatic heterocycles. The van der Waals surface area contributed by atoms with Gasteiger partial charge in [-0.25, -0.2) is 0 Å². The van der Waals surface area contributed by atoms with Crippen molar-refractivity contribution in [3.05, 3.63) is 65.2 Å². The highest BCUT2D eigenvalue weighted by atomic mass is 35.5. The highest BCUT2D eigenvalue weighted by Gasteiger charge is 2.36. The molecule has 2 N–H and O–H groups in total. The minimum Gasteiger partial charge on any atom is -0.350 e. The largest absolute Gasteiger partial charge is 0.350 e. The lowest BCUT2D eigenvalue weighted by molar-refractivity contribution is -0.127. The number of nitrogens with zero attached hydrogens (tertiary/aromatic N) is 1. The van der Waals surface area contributed by atoms with Crippen molar-refractivity contribution in [1.29, 1.82) is 0 Å². The summed E-state index contributed by atoms with van der Waals surface area (Å²) in [6.07, 6.45) is 0.752. The van der Waals surface area contributed by atoms with E-state index in [1.807, 2.05) is 30.3 Å². The zero-order valence-corrected chi connectivity index (χ0v) is 15.4. The monoisotopic (exact) mass is 385 g/mol. The van der Waals surface area contributed by atoms with Gasteiger partial charge in [-0.2, -0.15) is 0 Å². The van der Waals surface area contributed by atoms with E-state index >= 15 is 0 Å². The average Bonchev–Trinajstić information content (AvgIpc) is 3.08. The van der Waals surface area contributed by atoms with Crippen LogP contribution in [0, 0.1) is 0 Å². The Kier molecular flexibility index (Phi) is 6.08. The molecule has 1 atom stereocenters. The van der Waals surface area contributed by atoms with Gasteiger partial charge in [0.25, 0.3) is 0 Å². The Morgan fingerprint density at radius 1 is 1.04 bits per heavy atom. The molecule has 140 valence electrons. The first-order valence-corrected chi connectivity index (χ1v) is 9.08. The molecule has 27 heavy (non-hydrogen) atoms. The van der Waals surface area contributed by atoms with E-state index in [1.165, 1.54) is 4.90 Å². The number of hydrogen-bond acceptors (Lipinski definition) is 3. The fraction of sp³-hybridized carbons (Fsp3) is 0.250. The van der Waals surface area contributed by atoms with Crippen molar-refractivity contribution < 1.29 is 14.4 Å². The Bertz CT molecular complexity index is 824. The molecular weight excluding hydrogens is 366 g/mol. The van der Waals surface area contributed by atoms with Crippen molar-refractivity contribution in [1.82, 2.24) is 10.6 Å². The molecule has 1 heterocycles. The molecule has 7 heteroatoms. The number of para-hydroxylation sites is 1. The van der Waals surface area contributed by atoms with E-state index in [2.05, 4.69) is 10.6 Å². The summed E-state index contributed by atoms with van der Waals surface area (Å²) >= 11 is 5.82. The van der Waals surface area contributed by atoms with Crippen LogP contribution in [0.25, 0.3) is 0 Å². The molecule has 0 saturated carbocycles. The highest BCUT2D eigenvalue weighted by molar-refractivity contribution is 6.30. The Balaban J connectivity index is 1.51. The lowest BCUT2D eigenvalue weighted by atomic mass is 10.2. The Morgan fingerprint density at radius 2 is 1.74 bits per heavy atom. The van der Waals surface area contributed by atoms with E-state index in [4.69, 9.17) is 11.6 Å². The summed E-state index contributed by atoms with van der Waals surface area (Å²) < 4.78 is 0. The number of amides is 3. The Labute approximate surface area is 162 Å². The second-order valence-corrected chi connectivity index (χ2v) is 6.71. The van der Waals surface area contributed by atoms with E-state index in [9.17, 15) is 14.4 Å². The van der Waals surface area contributed by atoms with E-state index in [-0.39, 0.29) is 24.3 Å². The molecule has 2 aromatic carbocycles. The summed E-state index contributed by atoms with van der Waals surface area (Å²) in [4.78, 5) is 38.1. The summed E-state index contributed by atoms with van der Waals surface area (Å²) in [6.45, 7) is 0.212.